The van der Waals surface area contributed by atoms with Crippen LogP contribution < -0.4 is 4.90 Å². The summed E-state index contributed by atoms with van der Waals surface area (Å²) in [5, 5.41) is 8.59. The summed E-state index contributed by atoms with van der Waals surface area (Å²) in [5.74, 6) is -3.35. The van der Waals surface area contributed by atoms with Crippen molar-refractivity contribution >= 4 is 11.8 Å². The number of rotatable bonds is 2. The number of halogens is 2. The Balaban J connectivity index is 2.09. The lowest BCUT2D eigenvalue weighted by Gasteiger charge is -2.39. The predicted octanol–water partition coefficient (Wildman–Crippen LogP) is 1.24. The number of anilines is 1. The maximum Gasteiger partial charge on any atom is 0.337 e. The second-order valence-corrected chi connectivity index (χ2v) is 3.42. The van der Waals surface area contributed by atoms with Crippen LogP contribution in [-0.4, -0.2) is 35.1 Å². The van der Waals surface area contributed by atoms with E-state index in [1.165, 1.54) is 17.0 Å². The lowest BCUT2D eigenvalue weighted by atomic mass is 10.1. The van der Waals surface area contributed by atoms with Gasteiger partial charge >= 0.3 is 5.97 Å². The van der Waals surface area contributed by atoms with Crippen molar-refractivity contribution in [3.63, 3.8) is 0 Å². The SMILES string of the molecule is O=C(O)c1ccc(N2CC(F)(F)C2)nc1. The Morgan fingerprint density at radius 3 is 2.53 bits per heavy atom. The zero-order chi connectivity index (χ0) is 11.1. The number of carboxylic acid groups (broad SMARTS) is 1. The van der Waals surface area contributed by atoms with Crippen LogP contribution in [0.5, 0.6) is 0 Å². The van der Waals surface area contributed by atoms with Crippen molar-refractivity contribution in [1.82, 2.24) is 4.98 Å². The summed E-state index contributed by atoms with van der Waals surface area (Å²) in [6.45, 7) is -0.709. The van der Waals surface area contributed by atoms with Gasteiger partial charge in [-0.2, -0.15) is 0 Å². The Bertz CT molecular complexity index is 384. The second-order valence-electron chi connectivity index (χ2n) is 3.42. The number of carbonyl (C=O) groups is 1. The van der Waals surface area contributed by atoms with Crippen molar-refractivity contribution in [2.24, 2.45) is 0 Å². The second kappa shape index (κ2) is 3.15. The van der Waals surface area contributed by atoms with E-state index in [-0.39, 0.29) is 18.7 Å². The molecule has 1 aromatic rings. The summed E-state index contributed by atoms with van der Waals surface area (Å²) >= 11 is 0. The van der Waals surface area contributed by atoms with Gasteiger partial charge in [-0.15, -0.1) is 0 Å². The molecule has 0 aliphatic carbocycles. The standard InChI is InChI=1S/C9H8F2N2O2/c10-9(11)4-13(5-9)7-2-1-6(3-12-7)8(14)15/h1-3H,4-5H2,(H,14,15). The van der Waals surface area contributed by atoms with Gasteiger partial charge in [-0.05, 0) is 12.1 Å². The van der Waals surface area contributed by atoms with Crippen LogP contribution in [0.25, 0.3) is 0 Å². The number of aromatic carboxylic acids is 1. The molecule has 2 heterocycles. The van der Waals surface area contributed by atoms with Gasteiger partial charge in [0.05, 0.1) is 18.7 Å². The minimum Gasteiger partial charge on any atom is -0.478 e. The lowest BCUT2D eigenvalue weighted by Crippen LogP contribution is -2.56. The first-order chi connectivity index (χ1) is 6.98. The third-order valence-electron chi connectivity index (χ3n) is 2.16. The summed E-state index contributed by atoms with van der Waals surface area (Å²) in [7, 11) is 0. The molecular weight excluding hydrogens is 206 g/mol. The van der Waals surface area contributed by atoms with Gasteiger partial charge in [-0.3, -0.25) is 0 Å². The molecule has 15 heavy (non-hydrogen) atoms. The molecule has 0 unspecified atom stereocenters. The quantitative estimate of drug-likeness (QED) is 0.804. The topological polar surface area (TPSA) is 53.4 Å². The molecule has 1 N–H and O–H groups in total. The van der Waals surface area contributed by atoms with Gasteiger partial charge in [-0.25, -0.2) is 18.6 Å². The van der Waals surface area contributed by atoms with Gasteiger partial charge in [0.25, 0.3) is 5.92 Å². The summed E-state index contributed by atoms with van der Waals surface area (Å²) < 4.78 is 25.0. The first-order valence-electron chi connectivity index (χ1n) is 4.30. The van der Waals surface area contributed by atoms with Crippen LogP contribution in [0.2, 0.25) is 0 Å². The number of carboxylic acids is 1. The molecule has 0 atom stereocenters. The van der Waals surface area contributed by atoms with E-state index in [4.69, 9.17) is 5.11 Å². The van der Waals surface area contributed by atoms with Gasteiger partial charge in [0.2, 0.25) is 0 Å². The molecule has 0 spiro atoms. The van der Waals surface area contributed by atoms with Crippen LogP contribution in [0.1, 0.15) is 10.4 Å². The highest BCUT2D eigenvalue weighted by Gasteiger charge is 2.44. The molecule has 1 fully saturated rings. The van der Waals surface area contributed by atoms with Crippen molar-refractivity contribution in [1.29, 1.82) is 0 Å². The van der Waals surface area contributed by atoms with Crippen LogP contribution >= 0.6 is 0 Å². The van der Waals surface area contributed by atoms with E-state index in [1.807, 2.05) is 0 Å². The molecule has 0 aromatic carbocycles. The van der Waals surface area contributed by atoms with Gasteiger partial charge in [0, 0.05) is 6.20 Å². The van der Waals surface area contributed by atoms with Crippen molar-refractivity contribution in [3.05, 3.63) is 23.9 Å². The van der Waals surface area contributed by atoms with Crippen molar-refractivity contribution < 1.29 is 18.7 Å². The minimum absolute atomic E-state index is 0.0473. The average molecular weight is 214 g/mol. The monoisotopic (exact) mass is 214 g/mol. The number of hydrogen-bond donors (Lipinski definition) is 1. The maximum absolute atomic E-state index is 12.5. The molecule has 0 radical (unpaired) electrons. The Hall–Kier alpha value is -1.72. The largest absolute Gasteiger partial charge is 0.478 e. The molecule has 2 rings (SSSR count). The fourth-order valence-electron chi connectivity index (χ4n) is 1.37. The van der Waals surface area contributed by atoms with Crippen molar-refractivity contribution in [2.75, 3.05) is 18.0 Å². The first kappa shape index (κ1) is 9.82. The van der Waals surface area contributed by atoms with E-state index in [2.05, 4.69) is 4.98 Å². The predicted molar refractivity (Wildman–Crippen MR) is 48.4 cm³/mol. The molecule has 80 valence electrons. The molecule has 0 amide bonds. The van der Waals surface area contributed by atoms with Crippen molar-refractivity contribution in [3.8, 4) is 0 Å². The molecule has 1 aromatic heterocycles. The molecule has 1 saturated heterocycles. The van der Waals surface area contributed by atoms with Gasteiger partial charge in [0.15, 0.2) is 0 Å². The normalized spacial score (nSPS) is 18.4. The number of pyridine rings is 1. The Kier molecular flexibility index (Phi) is 2.06. The fourth-order valence-corrected chi connectivity index (χ4v) is 1.37. The summed E-state index contributed by atoms with van der Waals surface area (Å²) in [6.07, 6.45) is 1.16. The third kappa shape index (κ3) is 1.88. The molecule has 0 bridgehead atoms. The highest BCUT2D eigenvalue weighted by atomic mass is 19.3. The average Bonchev–Trinajstić information content (AvgIpc) is 2.14. The smallest absolute Gasteiger partial charge is 0.337 e. The van der Waals surface area contributed by atoms with E-state index in [1.54, 1.807) is 0 Å². The zero-order valence-corrected chi connectivity index (χ0v) is 7.65. The van der Waals surface area contributed by atoms with Gasteiger partial charge in [0.1, 0.15) is 5.82 Å². The Labute approximate surface area is 84.2 Å². The molecule has 1 aliphatic heterocycles. The van der Waals surface area contributed by atoms with Gasteiger partial charge < -0.3 is 10.0 Å². The van der Waals surface area contributed by atoms with E-state index in [0.29, 0.717) is 5.82 Å². The van der Waals surface area contributed by atoms with Crippen molar-refractivity contribution in [2.45, 2.75) is 5.92 Å². The van der Waals surface area contributed by atoms with E-state index in [0.717, 1.165) is 6.20 Å². The Morgan fingerprint density at radius 1 is 1.47 bits per heavy atom. The van der Waals surface area contributed by atoms with Gasteiger partial charge in [-0.1, -0.05) is 0 Å². The summed E-state index contributed by atoms with van der Waals surface area (Å²) in [6, 6.07) is 2.78. The highest BCUT2D eigenvalue weighted by Crippen LogP contribution is 2.30. The van der Waals surface area contributed by atoms with Crippen LogP contribution in [0.15, 0.2) is 18.3 Å². The van der Waals surface area contributed by atoms with Crippen LogP contribution in [0.3, 0.4) is 0 Å². The van der Waals surface area contributed by atoms with Crippen LogP contribution in [-0.2, 0) is 0 Å². The fraction of sp³-hybridized carbons (Fsp3) is 0.333. The summed E-state index contributed by atoms with van der Waals surface area (Å²) in [5.41, 5.74) is 0.0473. The molecule has 0 saturated carbocycles. The van der Waals surface area contributed by atoms with E-state index >= 15 is 0 Å². The first-order valence-corrected chi connectivity index (χ1v) is 4.30. The minimum atomic E-state index is -2.65. The number of aromatic nitrogens is 1. The number of nitrogens with zero attached hydrogens (tertiary/aromatic N) is 2. The van der Waals surface area contributed by atoms with E-state index < -0.39 is 11.9 Å². The third-order valence-corrected chi connectivity index (χ3v) is 2.16. The Morgan fingerprint density at radius 2 is 2.13 bits per heavy atom. The maximum atomic E-state index is 12.5. The highest BCUT2D eigenvalue weighted by molar-refractivity contribution is 5.87. The van der Waals surface area contributed by atoms with Crippen LogP contribution in [0, 0.1) is 0 Å². The molecule has 1 aliphatic rings. The number of alkyl halides is 2. The molecule has 6 heteroatoms. The van der Waals surface area contributed by atoms with Crippen LogP contribution in [0.4, 0.5) is 14.6 Å². The summed E-state index contributed by atoms with van der Waals surface area (Å²) in [4.78, 5) is 15.7. The van der Waals surface area contributed by atoms with E-state index in [9.17, 15) is 13.6 Å². The zero-order valence-electron chi connectivity index (χ0n) is 7.65. The lowest BCUT2D eigenvalue weighted by molar-refractivity contribution is -0.0267. The number of hydrogen-bond acceptors (Lipinski definition) is 3. The molecule has 4 nitrogen and oxygen atoms in total. The molecular formula is C9H8F2N2O2.